The molecule has 0 bridgehead atoms. The summed E-state index contributed by atoms with van der Waals surface area (Å²) in [6.07, 6.45) is -1.06. The maximum absolute atomic E-state index is 12.2. The Kier molecular flexibility index (Phi) is 5.47. The molecular formula is C14H13ClN2O5S2. The molecule has 0 aliphatic carbocycles. The first-order valence-corrected chi connectivity index (χ1v) is 9.25. The third-order valence-electron chi connectivity index (χ3n) is 2.87. The van der Waals surface area contributed by atoms with Gasteiger partial charge in [0.2, 0.25) is 0 Å². The fourth-order valence-electron chi connectivity index (χ4n) is 1.61. The van der Waals surface area contributed by atoms with Gasteiger partial charge in [0.05, 0.1) is 9.90 Å². The second kappa shape index (κ2) is 7.20. The molecule has 0 saturated carbocycles. The smallest absolute Gasteiger partial charge is 0.338 e. The van der Waals surface area contributed by atoms with Crippen LogP contribution in [0.4, 0.5) is 5.69 Å². The molecule has 1 heterocycles. The van der Waals surface area contributed by atoms with Crippen LogP contribution in [-0.4, -0.2) is 26.4 Å². The van der Waals surface area contributed by atoms with Crippen LogP contribution >= 0.6 is 22.9 Å². The molecule has 128 valence electrons. The Morgan fingerprint density at radius 2 is 1.83 bits per heavy atom. The Hall–Kier alpha value is -2.10. The van der Waals surface area contributed by atoms with E-state index in [9.17, 15) is 18.0 Å². The van der Waals surface area contributed by atoms with Crippen LogP contribution in [-0.2, 0) is 19.6 Å². The van der Waals surface area contributed by atoms with E-state index in [1.165, 1.54) is 43.3 Å². The predicted molar refractivity (Wildman–Crippen MR) is 90.7 cm³/mol. The number of nitrogens with one attached hydrogen (secondary N) is 1. The maximum atomic E-state index is 12.2. The summed E-state index contributed by atoms with van der Waals surface area (Å²) in [5.74, 6) is -1.50. The zero-order valence-corrected chi connectivity index (χ0v) is 14.7. The predicted octanol–water partition coefficient (Wildman–Crippen LogP) is 2.23. The number of anilines is 1. The number of rotatable bonds is 6. The van der Waals surface area contributed by atoms with Gasteiger partial charge in [0.25, 0.3) is 15.9 Å². The molecule has 10 heteroatoms. The zero-order valence-electron chi connectivity index (χ0n) is 12.4. The molecule has 1 aromatic carbocycles. The zero-order chi connectivity index (χ0) is 17.9. The van der Waals surface area contributed by atoms with Crippen molar-refractivity contribution in [2.24, 2.45) is 5.73 Å². The minimum atomic E-state index is -3.75. The Labute approximate surface area is 147 Å². The highest BCUT2D eigenvalue weighted by Crippen LogP contribution is 2.27. The maximum Gasteiger partial charge on any atom is 0.338 e. The van der Waals surface area contributed by atoms with Crippen LogP contribution in [0.1, 0.15) is 17.3 Å². The quantitative estimate of drug-likeness (QED) is 0.736. The van der Waals surface area contributed by atoms with Crippen molar-refractivity contribution in [2.75, 3.05) is 4.72 Å². The van der Waals surface area contributed by atoms with Gasteiger partial charge in [-0.3, -0.25) is 9.52 Å². The largest absolute Gasteiger partial charge is 0.449 e. The summed E-state index contributed by atoms with van der Waals surface area (Å²) in [7, 11) is -3.75. The van der Waals surface area contributed by atoms with E-state index in [0.717, 1.165) is 11.3 Å². The number of nitrogens with two attached hydrogens (primary N) is 1. The number of thiophene rings is 1. The molecular weight excluding hydrogens is 376 g/mol. The van der Waals surface area contributed by atoms with Gasteiger partial charge >= 0.3 is 5.97 Å². The van der Waals surface area contributed by atoms with Crippen molar-refractivity contribution in [3.63, 3.8) is 0 Å². The van der Waals surface area contributed by atoms with Crippen LogP contribution in [0.3, 0.4) is 0 Å². The number of hydrogen-bond acceptors (Lipinski definition) is 6. The molecule has 0 spiro atoms. The molecule has 0 unspecified atom stereocenters. The lowest BCUT2D eigenvalue weighted by molar-refractivity contribution is -0.125. The van der Waals surface area contributed by atoms with Gasteiger partial charge in [-0.25, -0.2) is 13.2 Å². The van der Waals surface area contributed by atoms with Gasteiger partial charge in [0.1, 0.15) is 4.21 Å². The number of carbonyl (C=O) groups is 2. The molecule has 1 amide bonds. The van der Waals surface area contributed by atoms with Crippen LogP contribution in [0.5, 0.6) is 0 Å². The van der Waals surface area contributed by atoms with Gasteiger partial charge in [-0.2, -0.15) is 0 Å². The van der Waals surface area contributed by atoms with Crippen molar-refractivity contribution in [2.45, 2.75) is 17.2 Å². The monoisotopic (exact) mass is 388 g/mol. The Balaban J connectivity index is 2.09. The fourth-order valence-corrected chi connectivity index (χ4v) is 4.15. The molecule has 1 atom stereocenters. The molecule has 0 aliphatic rings. The number of sulfonamides is 1. The molecule has 3 N–H and O–H groups in total. The van der Waals surface area contributed by atoms with Crippen molar-refractivity contribution < 1.29 is 22.7 Å². The van der Waals surface area contributed by atoms with E-state index >= 15 is 0 Å². The number of primary amides is 1. The standard InChI is InChI=1S/C14H13ClN2O5S2/c1-8(13(16)18)22-14(19)9-2-4-10(5-3-9)17-24(20,21)12-7-6-11(15)23-12/h2-8,17H,1H3,(H2,16,18)/t8-/m1/s1. The minimum Gasteiger partial charge on any atom is -0.449 e. The van der Waals surface area contributed by atoms with Gasteiger partial charge in [-0.05, 0) is 43.3 Å². The van der Waals surface area contributed by atoms with E-state index in [1.54, 1.807) is 0 Å². The van der Waals surface area contributed by atoms with Gasteiger partial charge in [0.15, 0.2) is 6.10 Å². The Morgan fingerprint density at radius 1 is 1.21 bits per heavy atom. The van der Waals surface area contributed by atoms with E-state index in [0.29, 0.717) is 4.34 Å². The summed E-state index contributed by atoms with van der Waals surface area (Å²) in [5, 5.41) is 0. The molecule has 0 saturated heterocycles. The minimum absolute atomic E-state index is 0.0752. The van der Waals surface area contributed by atoms with Crippen LogP contribution in [0.25, 0.3) is 0 Å². The summed E-state index contributed by atoms with van der Waals surface area (Å²) in [4.78, 5) is 22.7. The summed E-state index contributed by atoms with van der Waals surface area (Å²) in [6, 6.07) is 8.42. The number of halogens is 1. The summed E-state index contributed by atoms with van der Waals surface area (Å²) in [6.45, 7) is 1.36. The molecule has 0 fully saturated rings. The van der Waals surface area contributed by atoms with E-state index in [2.05, 4.69) is 4.72 Å². The second-order valence-corrected chi connectivity index (χ2v) is 8.32. The third-order valence-corrected chi connectivity index (χ3v) is 5.97. The van der Waals surface area contributed by atoms with Crippen molar-refractivity contribution >= 4 is 50.5 Å². The average molecular weight is 389 g/mol. The summed E-state index contributed by atoms with van der Waals surface area (Å²) in [5.41, 5.74) is 5.43. The van der Waals surface area contributed by atoms with Crippen LogP contribution in [0.15, 0.2) is 40.6 Å². The average Bonchev–Trinajstić information content (AvgIpc) is 2.95. The van der Waals surface area contributed by atoms with Crippen molar-refractivity contribution in [3.05, 3.63) is 46.3 Å². The number of esters is 1. The number of benzene rings is 1. The lowest BCUT2D eigenvalue weighted by atomic mass is 10.2. The van der Waals surface area contributed by atoms with E-state index in [-0.39, 0.29) is 15.5 Å². The molecule has 1 aromatic heterocycles. The van der Waals surface area contributed by atoms with E-state index < -0.39 is 28.0 Å². The molecule has 0 radical (unpaired) electrons. The highest BCUT2D eigenvalue weighted by molar-refractivity contribution is 7.94. The van der Waals surface area contributed by atoms with Gasteiger partial charge in [-0.1, -0.05) is 11.6 Å². The van der Waals surface area contributed by atoms with Crippen LogP contribution < -0.4 is 10.5 Å². The van der Waals surface area contributed by atoms with Crippen molar-refractivity contribution in [1.29, 1.82) is 0 Å². The molecule has 0 aliphatic heterocycles. The van der Waals surface area contributed by atoms with E-state index in [4.69, 9.17) is 22.1 Å². The normalized spacial score (nSPS) is 12.4. The number of carbonyl (C=O) groups excluding carboxylic acids is 2. The molecule has 2 aromatic rings. The highest BCUT2D eigenvalue weighted by Gasteiger charge is 2.18. The second-order valence-electron chi connectivity index (χ2n) is 4.69. The highest BCUT2D eigenvalue weighted by atomic mass is 35.5. The SMILES string of the molecule is C[C@@H](OC(=O)c1ccc(NS(=O)(=O)c2ccc(Cl)s2)cc1)C(N)=O. The van der Waals surface area contributed by atoms with E-state index in [1.807, 2.05) is 0 Å². The number of hydrogen-bond donors (Lipinski definition) is 2. The van der Waals surface area contributed by atoms with Gasteiger partial charge < -0.3 is 10.5 Å². The lowest BCUT2D eigenvalue weighted by Crippen LogP contribution is -2.30. The molecule has 7 nitrogen and oxygen atoms in total. The molecule has 2 rings (SSSR count). The topological polar surface area (TPSA) is 116 Å². The van der Waals surface area contributed by atoms with Gasteiger partial charge in [0, 0.05) is 5.69 Å². The Morgan fingerprint density at radius 3 is 2.33 bits per heavy atom. The summed E-state index contributed by atoms with van der Waals surface area (Å²) < 4.78 is 32.0. The number of ether oxygens (including phenoxy) is 1. The first-order chi connectivity index (χ1) is 11.2. The Bertz CT molecular complexity index is 862. The molecule has 24 heavy (non-hydrogen) atoms. The van der Waals surface area contributed by atoms with Crippen LogP contribution in [0, 0.1) is 0 Å². The fraction of sp³-hybridized carbons (Fsp3) is 0.143. The third kappa shape index (κ3) is 4.47. The first kappa shape index (κ1) is 18.2. The lowest BCUT2D eigenvalue weighted by Gasteiger charge is -2.10. The number of amides is 1. The van der Waals surface area contributed by atoms with Gasteiger partial charge in [-0.15, -0.1) is 11.3 Å². The summed E-state index contributed by atoms with van der Waals surface area (Å²) >= 11 is 6.66. The van der Waals surface area contributed by atoms with Crippen molar-refractivity contribution in [3.8, 4) is 0 Å². The van der Waals surface area contributed by atoms with Crippen molar-refractivity contribution in [1.82, 2.24) is 0 Å². The van der Waals surface area contributed by atoms with Crippen LogP contribution in [0.2, 0.25) is 4.34 Å². The first-order valence-electron chi connectivity index (χ1n) is 6.57.